The maximum atomic E-state index is 13.7. The SMILES string of the molecule is O=C(N[C@H]1CC[C@@H](C(=O)O)C1)c1csc(Cc2ccccc2F)n1. The maximum absolute atomic E-state index is 13.7. The molecule has 1 aromatic carbocycles. The topological polar surface area (TPSA) is 79.3 Å². The molecule has 1 heterocycles. The molecule has 3 rings (SSSR count). The number of amides is 1. The Kier molecular flexibility index (Phi) is 4.89. The molecule has 1 saturated carbocycles. The summed E-state index contributed by atoms with van der Waals surface area (Å²) in [5.41, 5.74) is 0.837. The van der Waals surface area contributed by atoms with Crippen LogP contribution in [0.25, 0.3) is 0 Å². The standard InChI is InChI=1S/C17H17FN2O3S/c18-13-4-2-1-3-10(13)8-15-20-14(9-24-15)16(21)19-12-6-5-11(7-12)17(22)23/h1-4,9,11-12H,5-8H2,(H,19,21)(H,22,23)/t11-,12+/m1/s1. The lowest BCUT2D eigenvalue weighted by molar-refractivity contribution is -0.141. The maximum Gasteiger partial charge on any atom is 0.306 e. The smallest absolute Gasteiger partial charge is 0.306 e. The van der Waals surface area contributed by atoms with E-state index in [4.69, 9.17) is 5.11 Å². The van der Waals surface area contributed by atoms with Crippen molar-refractivity contribution in [1.82, 2.24) is 10.3 Å². The predicted octanol–water partition coefficient (Wildman–Crippen LogP) is 2.86. The molecule has 24 heavy (non-hydrogen) atoms. The van der Waals surface area contributed by atoms with Gasteiger partial charge in [0.1, 0.15) is 11.5 Å². The molecule has 0 spiro atoms. The molecule has 1 amide bonds. The van der Waals surface area contributed by atoms with Gasteiger partial charge in [-0.2, -0.15) is 0 Å². The van der Waals surface area contributed by atoms with Crippen molar-refractivity contribution < 1.29 is 19.1 Å². The third-order valence-corrected chi connectivity index (χ3v) is 5.05. The van der Waals surface area contributed by atoms with Crippen molar-refractivity contribution in [3.05, 3.63) is 51.7 Å². The van der Waals surface area contributed by atoms with Crippen molar-refractivity contribution in [3.63, 3.8) is 0 Å². The molecule has 2 aromatic rings. The highest BCUT2D eigenvalue weighted by atomic mass is 32.1. The number of nitrogens with one attached hydrogen (secondary N) is 1. The van der Waals surface area contributed by atoms with Crippen LogP contribution in [0.15, 0.2) is 29.6 Å². The summed E-state index contributed by atoms with van der Waals surface area (Å²) in [7, 11) is 0. The van der Waals surface area contributed by atoms with Crippen molar-refractivity contribution in [2.24, 2.45) is 5.92 Å². The molecule has 126 valence electrons. The van der Waals surface area contributed by atoms with Gasteiger partial charge < -0.3 is 10.4 Å². The minimum absolute atomic E-state index is 0.129. The van der Waals surface area contributed by atoms with Gasteiger partial charge in [-0.05, 0) is 30.9 Å². The third kappa shape index (κ3) is 3.79. The summed E-state index contributed by atoms with van der Waals surface area (Å²) < 4.78 is 13.7. The van der Waals surface area contributed by atoms with Gasteiger partial charge in [0, 0.05) is 17.8 Å². The van der Waals surface area contributed by atoms with Crippen molar-refractivity contribution in [2.45, 2.75) is 31.7 Å². The number of carboxylic acid groups (broad SMARTS) is 1. The number of benzene rings is 1. The van der Waals surface area contributed by atoms with Gasteiger partial charge >= 0.3 is 5.97 Å². The fraction of sp³-hybridized carbons (Fsp3) is 0.353. The van der Waals surface area contributed by atoms with E-state index < -0.39 is 5.97 Å². The normalized spacial score (nSPS) is 20.0. The first-order chi connectivity index (χ1) is 11.5. The Morgan fingerprint density at radius 1 is 1.33 bits per heavy atom. The number of hydrogen-bond acceptors (Lipinski definition) is 4. The second-order valence-electron chi connectivity index (χ2n) is 5.91. The van der Waals surface area contributed by atoms with Crippen molar-refractivity contribution in [2.75, 3.05) is 0 Å². The van der Waals surface area contributed by atoms with Gasteiger partial charge in [0.05, 0.1) is 10.9 Å². The fourth-order valence-electron chi connectivity index (χ4n) is 2.90. The Morgan fingerprint density at radius 3 is 2.83 bits per heavy atom. The van der Waals surface area contributed by atoms with E-state index in [0.717, 1.165) is 0 Å². The van der Waals surface area contributed by atoms with Crippen LogP contribution < -0.4 is 5.32 Å². The summed E-state index contributed by atoms with van der Waals surface area (Å²) in [6, 6.07) is 6.36. The van der Waals surface area contributed by atoms with Crippen LogP contribution in [-0.4, -0.2) is 28.0 Å². The Balaban J connectivity index is 1.60. The van der Waals surface area contributed by atoms with Crippen LogP contribution in [0.3, 0.4) is 0 Å². The highest BCUT2D eigenvalue weighted by molar-refractivity contribution is 7.09. The number of carbonyl (C=O) groups excluding carboxylic acids is 1. The number of aromatic nitrogens is 1. The molecule has 1 aliphatic carbocycles. The van der Waals surface area contributed by atoms with Crippen molar-refractivity contribution in [1.29, 1.82) is 0 Å². The Morgan fingerprint density at radius 2 is 2.12 bits per heavy atom. The first-order valence-electron chi connectivity index (χ1n) is 7.74. The second-order valence-corrected chi connectivity index (χ2v) is 6.86. The summed E-state index contributed by atoms with van der Waals surface area (Å²) in [5.74, 6) is -1.79. The van der Waals surface area contributed by atoms with E-state index in [2.05, 4.69) is 10.3 Å². The summed E-state index contributed by atoms with van der Waals surface area (Å²) >= 11 is 1.31. The lowest BCUT2D eigenvalue weighted by atomic mass is 10.1. The largest absolute Gasteiger partial charge is 0.481 e. The van der Waals surface area contributed by atoms with Crippen molar-refractivity contribution in [3.8, 4) is 0 Å². The number of nitrogens with zero attached hydrogens (tertiary/aromatic N) is 1. The van der Waals surface area contributed by atoms with Crippen LogP contribution in [0.1, 0.15) is 40.3 Å². The minimum atomic E-state index is -0.812. The van der Waals surface area contributed by atoms with Gasteiger partial charge in [-0.1, -0.05) is 18.2 Å². The number of halogens is 1. The van der Waals surface area contributed by atoms with E-state index in [1.165, 1.54) is 17.4 Å². The molecule has 1 fully saturated rings. The van der Waals surface area contributed by atoms with Crippen LogP contribution in [0.2, 0.25) is 0 Å². The molecule has 0 bridgehead atoms. The lowest BCUT2D eigenvalue weighted by Gasteiger charge is -2.10. The zero-order chi connectivity index (χ0) is 17.1. The van der Waals surface area contributed by atoms with Gasteiger partial charge in [-0.15, -0.1) is 11.3 Å². The van der Waals surface area contributed by atoms with E-state index in [9.17, 15) is 14.0 Å². The molecule has 1 aliphatic rings. The molecule has 0 unspecified atom stereocenters. The number of thiazole rings is 1. The average molecular weight is 348 g/mol. The van der Waals surface area contributed by atoms with Crippen LogP contribution >= 0.6 is 11.3 Å². The predicted molar refractivity (Wildman–Crippen MR) is 87.6 cm³/mol. The van der Waals surface area contributed by atoms with E-state index in [1.807, 2.05) is 0 Å². The van der Waals surface area contributed by atoms with Crippen molar-refractivity contribution >= 4 is 23.2 Å². The van der Waals surface area contributed by atoms with Gasteiger partial charge in [0.25, 0.3) is 5.91 Å². The highest BCUT2D eigenvalue weighted by Gasteiger charge is 2.31. The third-order valence-electron chi connectivity index (χ3n) is 4.20. The number of carbonyl (C=O) groups is 2. The number of aliphatic carboxylic acids is 1. The molecule has 7 heteroatoms. The number of rotatable bonds is 5. The van der Waals surface area contributed by atoms with Crippen LogP contribution in [0, 0.1) is 11.7 Å². The Labute approximate surface area is 142 Å². The summed E-state index contributed by atoms with van der Waals surface area (Å²) in [6.45, 7) is 0. The molecule has 1 aromatic heterocycles. The van der Waals surface area contributed by atoms with Gasteiger partial charge in [-0.3, -0.25) is 9.59 Å². The summed E-state index contributed by atoms with van der Waals surface area (Å²) in [5, 5.41) is 14.1. The molecule has 0 saturated heterocycles. The minimum Gasteiger partial charge on any atom is -0.481 e. The molecule has 0 radical (unpaired) electrons. The first-order valence-corrected chi connectivity index (χ1v) is 8.62. The molecular weight excluding hydrogens is 331 g/mol. The van der Waals surface area contributed by atoms with Crippen LogP contribution in [0.5, 0.6) is 0 Å². The van der Waals surface area contributed by atoms with Crippen LogP contribution in [-0.2, 0) is 11.2 Å². The Bertz CT molecular complexity index is 762. The monoisotopic (exact) mass is 348 g/mol. The molecular formula is C17H17FN2O3S. The molecule has 5 nitrogen and oxygen atoms in total. The lowest BCUT2D eigenvalue weighted by Crippen LogP contribution is -2.33. The number of carboxylic acids is 1. The second kappa shape index (κ2) is 7.09. The van der Waals surface area contributed by atoms with E-state index >= 15 is 0 Å². The van der Waals surface area contributed by atoms with Crippen LogP contribution in [0.4, 0.5) is 4.39 Å². The summed E-state index contributed by atoms with van der Waals surface area (Å²) in [4.78, 5) is 27.4. The zero-order valence-corrected chi connectivity index (χ0v) is 13.7. The van der Waals surface area contributed by atoms with Gasteiger partial charge in [0.15, 0.2) is 0 Å². The average Bonchev–Trinajstić information content (AvgIpc) is 3.19. The van der Waals surface area contributed by atoms with Gasteiger partial charge in [-0.25, -0.2) is 9.37 Å². The Hall–Kier alpha value is -2.28. The van der Waals surface area contributed by atoms with Gasteiger partial charge in [0.2, 0.25) is 0 Å². The highest BCUT2D eigenvalue weighted by Crippen LogP contribution is 2.26. The number of hydrogen-bond donors (Lipinski definition) is 2. The molecule has 2 atom stereocenters. The summed E-state index contributed by atoms with van der Waals surface area (Å²) in [6.07, 6.45) is 2.03. The van der Waals surface area contributed by atoms with E-state index in [-0.39, 0.29) is 23.7 Å². The molecule has 0 aliphatic heterocycles. The van der Waals surface area contributed by atoms with E-state index in [1.54, 1.807) is 23.6 Å². The quantitative estimate of drug-likeness (QED) is 0.871. The zero-order valence-electron chi connectivity index (χ0n) is 12.9. The van der Waals surface area contributed by atoms with E-state index in [0.29, 0.717) is 41.9 Å². The molecule has 2 N–H and O–H groups in total. The first kappa shape index (κ1) is 16.6. The fourth-order valence-corrected chi connectivity index (χ4v) is 3.69.